The van der Waals surface area contributed by atoms with Crippen molar-refractivity contribution in [2.45, 2.75) is 39.3 Å². The number of hydrogen-bond acceptors (Lipinski definition) is 3. The molecule has 0 aromatic carbocycles. The summed E-state index contributed by atoms with van der Waals surface area (Å²) in [5.41, 5.74) is 1.32. The summed E-state index contributed by atoms with van der Waals surface area (Å²) in [4.78, 5) is 4.55. The molecule has 18 heavy (non-hydrogen) atoms. The maximum Gasteiger partial charge on any atom is 0.130 e. The van der Waals surface area contributed by atoms with Gasteiger partial charge in [0.2, 0.25) is 0 Å². The van der Waals surface area contributed by atoms with Crippen molar-refractivity contribution in [2.75, 3.05) is 6.54 Å². The SMILES string of the molecule is CCCNC(c1ccsc1)c1nccn1CCC. The van der Waals surface area contributed by atoms with Gasteiger partial charge in [0.25, 0.3) is 0 Å². The molecule has 2 heterocycles. The Bertz CT molecular complexity index is 447. The Kier molecular flexibility index (Phi) is 4.96. The maximum absolute atomic E-state index is 4.55. The van der Waals surface area contributed by atoms with Crippen molar-refractivity contribution < 1.29 is 0 Å². The van der Waals surface area contributed by atoms with E-state index in [1.54, 1.807) is 11.3 Å². The quantitative estimate of drug-likeness (QED) is 0.829. The molecule has 0 fully saturated rings. The topological polar surface area (TPSA) is 29.9 Å². The first-order chi connectivity index (χ1) is 8.86. The molecular formula is C14H21N3S. The second kappa shape index (κ2) is 6.71. The zero-order valence-corrected chi connectivity index (χ0v) is 11.9. The summed E-state index contributed by atoms with van der Waals surface area (Å²) in [7, 11) is 0. The Morgan fingerprint density at radius 1 is 1.39 bits per heavy atom. The highest BCUT2D eigenvalue weighted by Crippen LogP contribution is 2.23. The van der Waals surface area contributed by atoms with Crippen molar-refractivity contribution >= 4 is 11.3 Å². The first kappa shape index (κ1) is 13.3. The fourth-order valence-corrected chi connectivity index (χ4v) is 2.78. The van der Waals surface area contributed by atoms with Gasteiger partial charge in [0.15, 0.2) is 0 Å². The van der Waals surface area contributed by atoms with Crippen LogP contribution in [0, 0.1) is 0 Å². The normalized spacial score (nSPS) is 12.8. The first-order valence-electron chi connectivity index (χ1n) is 6.63. The minimum absolute atomic E-state index is 0.220. The molecular weight excluding hydrogens is 242 g/mol. The molecule has 0 radical (unpaired) electrons. The number of imidazole rings is 1. The minimum Gasteiger partial charge on any atom is -0.333 e. The molecule has 1 unspecified atom stereocenters. The van der Waals surface area contributed by atoms with Crippen LogP contribution >= 0.6 is 11.3 Å². The molecule has 0 aliphatic carbocycles. The van der Waals surface area contributed by atoms with Crippen LogP contribution in [0.25, 0.3) is 0 Å². The molecule has 0 saturated carbocycles. The monoisotopic (exact) mass is 263 g/mol. The van der Waals surface area contributed by atoms with Gasteiger partial charge in [-0.1, -0.05) is 13.8 Å². The fourth-order valence-electron chi connectivity index (χ4n) is 2.10. The predicted molar refractivity (Wildman–Crippen MR) is 77.0 cm³/mol. The molecule has 98 valence electrons. The Hall–Kier alpha value is -1.13. The number of aryl methyl sites for hydroxylation is 1. The Balaban J connectivity index is 2.24. The van der Waals surface area contributed by atoms with Crippen LogP contribution in [0.5, 0.6) is 0 Å². The highest BCUT2D eigenvalue weighted by atomic mass is 32.1. The highest BCUT2D eigenvalue weighted by molar-refractivity contribution is 7.08. The number of hydrogen-bond donors (Lipinski definition) is 1. The zero-order chi connectivity index (χ0) is 12.8. The Morgan fingerprint density at radius 3 is 2.94 bits per heavy atom. The lowest BCUT2D eigenvalue weighted by molar-refractivity contribution is 0.531. The van der Waals surface area contributed by atoms with Gasteiger partial charge in [-0.05, 0) is 41.8 Å². The van der Waals surface area contributed by atoms with Gasteiger partial charge < -0.3 is 9.88 Å². The molecule has 1 N–H and O–H groups in total. The van der Waals surface area contributed by atoms with Gasteiger partial charge in [0, 0.05) is 18.9 Å². The third-order valence-corrected chi connectivity index (χ3v) is 3.65. The van der Waals surface area contributed by atoms with E-state index in [0.717, 1.165) is 31.8 Å². The average molecular weight is 263 g/mol. The van der Waals surface area contributed by atoms with Gasteiger partial charge in [-0.25, -0.2) is 4.98 Å². The van der Waals surface area contributed by atoms with Crippen LogP contribution in [0.3, 0.4) is 0 Å². The molecule has 3 nitrogen and oxygen atoms in total. The number of rotatable bonds is 7. The Labute approximate surface area is 113 Å². The van der Waals surface area contributed by atoms with Crippen LogP contribution < -0.4 is 5.32 Å². The molecule has 2 aromatic heterocycles. The van der Waals surface area contributed by atoms with E-state index in [1.165, 1.54) is 5.56 Å². The molecule has 2 aromatic rings. The molecule has 1 atom stereocenters. The van der Waals surface area contributed by atoms with E-state index in [2.05, 4.69) is 51.7 Å². The molecule has 0 bridgehead atoms. The van der Waals surface area contributed by atoms with Crippen LogP contribution in [0.2, 0.25) is 0 Å². The summed E-state index contributed by atoms with van der Waals surface area (Å²) >= 11 is 1.74. The summed E-state index contributed by atoms with van der Waals surface area (Å²) in [6.45, 7) is 6.43. The van der Waals surface area contributed by atoms with E-state index >= 15 is 0 Å². The summed E-state index contributed by atoms with van der Waals surface area (Å²) in [6, 6.07) is 2.40. The van der Waals surface area contributed by atoms with Crippen LogP contribution in [-0.4, -0.2) is 16.1 Å². The van der Waals surface area contributed by atoms with Gasteiger partial charge in [0.1, 0.15) is 5.82 Å². The average Bonchev–Trinajstić information content (AvgIpc) is 3.02. The molecule has 0 spiro atoms. The first-order valence-corrected chi connectivity index (χ1v) is 7.57. The van der Waals surface area contributed by atoms with Crippen LogP contribution in [0.15, 0.2) is 29.2 Å². The van der Waals surface area contributed by atoms with E-state index in [9.17, 15) is 0 Å². The van der Waals surface area contributed by atoms with E-state index in [-0.39, 0.29) is 6.04 Å². The van der Waals surface area contributed by atoms with Crippen molar-refractivity contribution in [3.8, 4) is 0 Å². The van der Waals surface area contributed by atoms with Crippen LogP contribution in [-0.2, 0) is 6.54 Å². The third-order valence-electron chi connectivity index (χ3n) is 2.95. The number of nitrogens with one attached hydrogen (secondary N) is 1. The standard InChI is InChI=1S/C14H21N3S/c1-3-6-15-13(12-5-10-18-11-12)14-16-7-9-17(14)8-4-2/h5,7,9-11,13,15H,3-4,6,8H2,1-2H3. The maximum atomic E-state index is 4.55. The van der Waals surface area contributed by atoms with E-state index in [1.807, 2.05) is 6.20 Å². The fraction of sp³-hybridized carbons (Fsp3) is 0.500. The van der Waals surface area contributed by atoms with Crippen molar-refractivity contribution in [2.24, 2.45) is 0 Å². The number of thiophene rings is 1. The van der Waals surface area contributed by atoms with Gasteiger partial charge in [0.05, 0.1) is 6.04 Å². The lowest BCUT2D eigenvalue weighted by Gasteiger charge is -2.18. The minimum atomic E-state index is 0.220. The molecule has 4 heteroatoms. The lowest BCUT2D eigenvalue weighted by Crippen LogP contribution is -2.26. The predicted octanol–water partition coefficient (Wildman–Crippen LogP) is 3.44. The number of nitrogens with zero attached hydrogens (tertiary/aromatic N) is 2. The lowest BCUT2D eigenvalue weighted by atomic mass is 10.1. The van der Waals surface area contributed by atoms with Crippen LogP contribution in [0.1, 0.15) is 44.1 Å². The van der Waals surface area contributed by atoms with Gasteiger partial charge >= 0.3 is 0 Å². The smallest absolute Gasteiger partial charge is 0.130 e. The summed E-state index contributed by atoms with van der Waals surface area (Å²) in [5.74, 6) is 1.13. The largest absolute Gasteiger partial charge is 0.333 e. The van der Waals surface area contributed by atoms with Gasteiger partial charge in [-0.2, -0.15) is 11.3 Å². The van der Waals surface area contributed by atoms with E-state index < -0.39 is 0 Å². The van der Waals surface area contributed by atoms with Gasteiger partial charge in [-0.3, -0.25) is 0 Å². The van der Waals surface area contributed by atoms with Crippen LogP contribution in [0.4, 0.5) is 0 Å². The highest BCUT2D eigenvalue weighted by Gasteiger charge is 2.18. The second-order valence-electron chi connectivity index (χ2n) is 4.42. The number of aromatic nitrogens is 2. The van der Waals surface area contributed by atoms with Crippen molar-refractivity contribution in [3.63, 3.8) is 0 Å². The molecule has 0 saturated heterocycles. The summed E-state index contributed by atoms with van der Waals surface area (Å²) in [6.07, 6.45) is 6.24. The van der Waals surface area contributed by atoms with Crippen molar-refractivity contribution in [3.05, 3.63) is 40.6 Å². The zero-order valence-electron chi connectivity index (χ0n) is 11.1. The summed E-state index contributed by atoms with van der Waals surface area (Å²) < 4.78 is 2.25. The van der Waals surface area contributed by atoms with Crippen molar-refractivity contribution in [1.29, 1.82) is 0 Å². The van der Waals surface area contributed by atoms with E-state index in [0.29, 0.717) is 0 Å². The van der Waals surface area contributed by atoms with Crippen molar-refractivity contribution in [1.82, 2.24) is 14.9 Å². The molecule has 0 amide bonds. The Morgan fingerprint density at radius 2 is 2.28 bits per heavy atom. The second-order valence-corrected chi connectivity index (χ2v) is 5.20. The van der Waals surface area contributed by atoms with E-state index in [4.69, 9.17) is 0 Å². The molecule has 2 rings (SSSR count). The molecule has 0 aliphatic heterocycles. The van der Waals surface area contributed by atoms with Gasteiger partial charge in [-0.15, -0.1) is 0 Å². The summed E-state index contributed by atoms with van der Waals surface area (Å²) in [5, 5.41) is 7.93. The third kappa shape index (κ3) is 3.00. The molecule has 0 aliphatic rings.